The average molecular weight is 393 g/mol. The summed E-state index contributed by atoms with van der Waals surface area (Å²) in [7, 11) is 11.4. The maximum absolute atomic E-state index is 6.64. The molecule has 0 aliphatic carbocycles. The molecule has 2 aromatic carbocycles. The van der Waals surface area contributed by atoms with E-state index in [1.165, 1.54) is 10.9 Å². The first kappa shape index (κ1) is 12.2. The highest BCUT2D eigenvalue weighted by Crippen LogP contribution is 2.70. The van der Waals surface area contributed by atoms with Crippen LogP contribution >= 0.6 is 52.2 Å². The molecule has 86 valence electrons. The van der Waals surface area contributed by atoms with Crippen molar-refractivity contribution in [1.29, 1.82) is 0 Å². The van der Waals surface area contributed by atoms with Gasteiger partial charge in [-0.1, -0.05) is 36.4 Å². The average Bonchev–Trinajstić information content (AvgIpc) is 2.37. The van der Waals surface area contributed by atoms with E-state index in [1.54, 1.807) is 0 Å². The SMILES string of the molecule is ClS1(Cl)c2ccccc2B(I)c2ccccc21. The molecule has 2 aromatic rings. The van der Waals surface area contributed by atoms with E-state index >= 15 is 0 Å². The second kappa shape index (κ2) is 4.37. The summed E-state index contributed by atoms with van der Waals surface area (Å²) >= 11 is 2.45. The number of hydrogen-bond acceptors (Lipinski definition) is 0. The molecule has 1 aliphatic rings. The van der Waals surface area contributed by atoms with Crippen LogP contribution in [0.1, 0.15) is 0 Å². The smallest absolute Gasteiger partial charge is 0.136 e. The Morgan fingerprint density at radius 1 is 0.824 bits per heavy atom. The predicted octanol–water partition coefficient (Wildman–Crippen LogP) is 4.07. The topological polar surface area (TPSA) is 0 Å². The minimum absolute atomic E-state index is 0.332. The molecule has 0 unspecified atom stereocenters. The molecule has 0 fully saturated rings. The van der Waals surface area contributed by atoms with Gasteiger partial charge in [0, 0.05) is 9.79 Å². The third-order valence-electron chi connectivity index (χ3n) is 2.94. The summed E-state index contributed by atoms with van der Waals surface area (Å²) in [5, 5.41) is 0. The predicted molar refractivity (Wildman–Crippen MR) is 87.8 cm³/mol. The summed E-state index contributed by atoms with van der Waals surface area (Å²) in [4.78, 5) is 2.17. The molecule has 3 rings (SSSR count). The fourth-order valence-electron chi connectivity index (χ4n) is 2.13. The number of halogens is 3. The van der Waals surface area contributed by atoms with Gasteiger partial charge in [-0.2, -0.15) is 0 Å². The normalized spacial score (nSPS) is 18.2. The third-order valence-corrected chi connectivity index (χ3v) is 8.12. The van der Waals surface area contributed by atoms with E-state index in [-0.39, 0.29) is 0 Å². The van der Waals surface area contributed by atoms with Gasteiger partial charge in [0.2, 0.25) is 0 Å². The first-order valence-electron chi connectivity index (χ1n) is 5.17. The molecule has 1 heterocycles. The molecule has 0 N–H and O–H groups in total. The number of rotatable bonds is 0. The fourth-order valence-corrected chi connectivity index (χ4v) is 7.03. The van der Waals surface area contributed by atoms with Crippen molar-refractivity contribution in [3.63, 3.8) is 0 Å². The lowest BCUT2D eigenvalue weighted by Gasteiger charge is -2.35. The van der Waals surface area contributed by atoms with E-state index in [4.69, 9.17) is 21.4 Å². The molecule has 17 heavy (non-hydrogen) atoms. The first-order chi connectivity index (χ1) is 8.12. The Kier molecular flexibility index (Phi) is 3.14. The van der Waals surface area contributed by atoms with Gasteiger partial charge in [0.15, 0.2) is 0 Å². The zero-order chi connectivity index (χ0) is 12.0. The van der Waals surface area contributed by atoms with Crippen LogP contribution in [0.2, 0.25) is 0 Å². The minimum Gasteiger partial charge on any atom is -0.136 e. The van der Waals surface area contributed by atoms with Crippen LogP contribution < -0.4 is 10.9 Å². The van der Waals surface area contributed by atoms with Crippen LogP contribution in [0.4, 0.5) is 0 Å². The van der Waals surface area contributed by atoms with Crippen molar-refractivity contribution in [2.75, 3.05) is 0 Å². The molecular weight excluding hydrogens is 385 g/mol. The minimum atomic E-state index is -1.89. The Morgan fingerprint density at radius 3 is 1.71 bits per heavy atom. The molecule has 0 aromatic heterocycles. The zero-order valence-electron chi connectivity index (χ0n) is 8.74. The van der Waals surface area contributed by atoms with Crippen molar-refractivity contribution in [3.8, 4) is 0 Å². The van der Waals surface area contributed by atoms with E-state index in [1.807, 2.05) is 36.4 Å². The van der Waals surface area contributed by atoms with Crippen molar-refractivity contribution in [3.05, 3.63) is 48.5 Å². The monoisotopic (exact) mass is 392 g/mol. The van der Waals surface area contributed by atoms with Crippen molar-refractivity contribution < 1.29 is 0 Å². The maximum Gasteiger partial charge on any atom is 0.284 e. The Balaban J connectivity index is 2.34. The summed E-state index contributed by atoms with van der Waals surface area (Å²) in [6.45, 7) is 0. The summed E-state index contributed by atoms with van der Waals surface area (Å²) < 4.78 is 0.332. The van der Waals surface area contributed by atoms with Gasteiger partial charge >= 0.3 is 0 Å². The molecule has 5 heteroatoms. The van der Waals surface area contributed by atoms with Gasteiger partial charge in [-0.15, -0.1) is 22.4 Å². The van der Waals surface area contributed by atoms with Crippen LogP contribution in [0.3, 0.4) is 0 Å². The Labute approximate surface area is 125 Å². The van der Waals surface area contributed by atoms with Crippen LogP contribution in [0, 0.1) is 0 Å². The number of benzene rings is 2. The van der Waals surface area contributed by atoms with Gasteiger partial charge in [-0.3, -0.25) is 0 Å². The van der Waals surface area contributed by atoms with E-state index in [0.717, 1.165) is 9.79 Å². The molecule has 1 aliphatic heterocycles. The largest absolute Gasteiger partial charge is 0.284 e. The maximum atomic E-state index is 6.64. The lowest BCUT2D eigenvalue weighted by atomic mass is 9.63. The van der Waals surface area contributed by atoms with E-state index < -0.39 is 8.46 Å². The lowest BCUT2D eigenvalue weighted by Crippen LogP contribution is -2.43. The van der Waals surface area contributed by atoms with Crippen LogP contribution in [-0.4, -0.2) is 4.57 Å². The molecule has 0 radical (unpaired) electrons. The molecule has 0 saturated carbocycles. The van der Waals surface area contributed by atoms with E-state index in [0.29, 0.717) is 4.57 Å². The fraction of sp³-hybridized carbons (Fsp3) is 0. The third kappa shape index (κ3) is 1.82. The highest BCUT2D eigenvalue weighted by molar-refractivity contribution is 14.1. The molecule has 0 spiro atoms. The van der Waals surface area contributed by atoms with Gasteiger partial charge < -0.3 is 0 Å². The van der Waals surface area contributed by atoms with Crippen molar-refractivity contribution in [2.45, 2.75) is 9.79 Å². The van der Waals surface area contributed by atoms with Crippen LogP contribution in [0.5, 0.6) is 0 Å². The molecule has 0 nitrogen and oxygen atoms in total. The van der Waals surface area contributed by atoms with Gasteiger partial charge in [-0.25, -0.2) is 0 Å². The Morgan fingerprint density at radius 2 is 1.24 bits per heavy atom. The van der Waals surface area contributed by atoms with Crippen molar-refractivity contribution in [2.24, 2.45) is 0 Å². The highest BCUT2D eigenvalue weighted by Gasteiger charge is 2.38. The first-order valence-corrected chi connectivity index (χ1v) is 9.70. The summed E-state index contributed by atoms with van der Waals surface area (Å²) in [5.74, 6) is 0. The standard InChI is InChI=1S/C12H8BCl2IS/c14-17(15)11-7-3-1-5-9(11)13(16)10-6-2-4-8-12(10)17/h1-8H. The van der Waals surface area contributed by atoms with Crippen molar-refractivity contribution >= 4 is 67.7 Å². The summed E-state index contributed by atoms with van der Waals surface area (Å²) in [5.41, 5.74) is 2.48. The summed E-state index contributed by atoms with van der Waals surface area (Å²) in [6.07, 6.45) is 0. The van der Waals surface area contributed by atoms with Gasteiger partial charge in [0.05, 0.1) is 0 Å². The second-order valence-corrected chi connectivity index (χ2v) is 10.2. The van der Waals surface area contributed by atoms with Gasteiger partial charge in [0.1, 0.15) is 0 Å². The zero-order valence-corrected chi connectivity index (χ0v) is 13.2. The Hall–Kier alpha value is 0.165. The second-order valence-electron chi connectivity index (χ2n) is 3.91. The molecular formula is C12H8BCl2IS. The highest BCUT2D eigenvalue weighted by atomic mass is 127. The molecule has 0 bridgehead atoms. The van der Waals surface area contributed by atoms with E-state index in [2.05, 4.69) is 34.5 Å². The summed E-state index contributed by atoms with van der Waals surface area (Å²) in [6, 6.07) is 16.4. The number of hydrogen-bond donors (Lipinski definition) is 0. The molecule has 0 saturated heterocycles. The molecule has 0 amide bonds. The quantitative estimate of drug-likeness (QED) is 0.468. The van der Waals surface area contributed by atoms with Crippen molar-refractivity contribution in [1.82, 2.24) is 0 Å². The van der Waals surface area contributed by atoms with Gasteiger partial charge in [0.25, 0.3) is 4.57 Å². The lowest BCUT2D eigenvalue weighted by molar-refractivity contribution is 1.43. The number of fused-ring (bicyclic) bond motifs is 2. The van der Waals surface area contributed by atoms with Gasteiger partial charge in [-0.05, 0) is 52.9 Å². The van der Waals surface area contributed by atoms with Crippen LogP contribution in [0.25, 0.3) is 0 Å². The van der Waals surface area contributed by atoms with Crippen LogP contribution in [-0.2, 0) is 0 Å². The van der Waals surface area contributed by atoms with E-state index in [9.17, 15) is 0 Å². The van der Waals surface area contributed by atoms with Crippen LogP contribution in [0.15, 0.2) is 58.3 Å². The molecule has 0 atom stereocenters. The Bertz CT molecular complexity index is 539.